The Kier molecular flexibility index (Phi) is 4.21. The number of hydrogen-bond donors (Lipinski definition) is 0. The van der Waals surface area contributed by atoms with E-state index in [2.05, 4.69) is 4.98 Å². The summed E-state index contributed by atoms with van der Waals surface area (Å²) in [7, 11) is 0. The van der Waals surface area contributed by atoms with E-state index >= 15 is 0 Å². The summed E-state index contributed by atoms with van der Waals surface area (Å²) in [6.07, 6.45) is 5.14. The molecule has 15 heavy (non-hydrogen) atoms. The van der Waals surface area contributed by atoms with E-state index in [1.54, 1.807) is 17.0 Å². The second kappa shape index (κ2) is 5.44. The van der Waals surface area contributed by atoms with Crippen LogP contribution in [-0.2, 0) is 11.3 Å². The molecule has 0 amide bonds. The molecule has 0 atom stereocenters. The lowest BCUT2D eigenvalue weighted by molar-refractivity contribution is -0.118. The van der Waals surface area contributed by atoms with Gasteiger partial charge in [-0.05, 0) is 18.9 Å². The first-order valence-corrected chi connectivity index (χ1v) is 5.18. The summed E-state index contributed by atoms with van der Waals surface area (Å²) in [5.41, 5.74) is 0.709. The molecule has 1 heterocycles. The molecule has 0 N–H and O–H groups in total. The molecule has 1 rings (SSSR count). The first-order chi connectivity index (χ1) is 7.13. The summed E-state index contributed by atoms with van der Waals surface area (Å²) >= 11 is 0. The number of nitrogens with zero attached hydrogens (tertiary/aromatic N) is 2. The number of carbonyl (C=O) groups is 1. The number of ketones is 1. The number of carbonyl (C=O) groups excluding carboxylic acids is 1. The van der Waals surface area contributed by atoms with Crippen LogP contribution in [0.1, 0.15) is 31.7 Å². The Hall–Kier alpha value is -1.45. The van der Waals surface area contributed by atoms with Crippen LogP contribution < -0.4 is 5.69 Å². The van der Waals surface area contributed by atoms with Crippen molar-refractivity contribution in [2.24, 2.45) is 0 Å². The van der Waals surface area contributed by atoms with Crippen molar-refractivity contribution < 1.29 is 4.79 Å². The zero-order valence-electron chi connectivity index (χ0n) is 9.19. The second-order valence-corrected chi connectivity index (χ2v) is 3.60. The number of aromatic nitrogens is 2. The molecule has 0 saturated heterocycles. The summed E-state index contributed by atoms with van der Waals surface area (Å²) in [6.45, 7) is 4.31. The van der Waals surface area contributed by atoms with Gasteiger partial charge in [0.25, 0.3) is 0 Å². The summed E-state index contributed by atoms with van der Waals surface area (Å²) in [5.74, 6) is 0.240. The van der Waals surface area contributed by atoms with Crippen molar-refractivity contribution in [3.8, 4) is 0 Å². The lowest BCUT2D eigenvalue weighted by Crippen LogP contribution is -2.22. The third-order valence-corrected chi connectivity index (χ3v) is 2.23. The Labute approximate surface area is 89.0 Å². The third-order valence-electron chi connectivity index (χ3n) is 2.23. The predicted molar refractivity (Wildman–Crippen MR) is 57.8 cm³/mol. The highest BCUT2D eigenvalue weighted by atomic mass is 16.1. The van der Waals surface area contributed by atoms with Crippen LogP contribution in [0.5, 0.6) is 0 Å². The van der Waals surface area contributed by atoms with Crippen molar-refractivity contribution in [1.82, 2.24) is 9.55 Å². The summed E-state index contributed by atoms with van der Waals surface area (Å²) in [5, 5.41) is 0. The third kappa shape index (κ3) is 3.65. The van der Waals surface area contributed by atoms with Gasteiger partial charge in [0.2, 0.25) is 0 Å². The average Bonchev–Trinajstić information content (AvgIpc) is 2.23. The van der Waals surface area contributed by atoms with Crippen LogP contribution in [0.3, 0.4) is 0 Å². The molecule has 4 heteroatoms. The van der Waals surface area contributed by atoms with Gasteiger partial charge in [-0.2, -0.15) is 0 Å². The van der Waals surface area contributed by atoms with Gasteiger partial charge in [-0.15, -0.1) is 0 Å². The molecule has 0 aliphatic carbocycles. The van der Waals surface area contributed by atoms with Gasteiger partial charge in [0.15, 0.2) is 0 Å². The zero-order chi connectivity index (χ0) is 11.3. The number of hydrogen-bond acceptors (Lipinski definition) is 3. The van der Waals surface area contributed by atoms with Gasteiger partial charge in [0, 0.05) is 31.8 Å². The highest BCUT2D eigenvalue weighted by molar-refractivity contribution is 5.77. The average molecular weight is 208 g/mol. The van der Waals surface area contributed by atoms with Gasteiger partial charge < -0.3 is 0 Å². The quantitative estimate of drug-likeness (QED) is 0.733. The van der Waals surface area contributed by atoms with Crippen molar-refractivity contribution in [3.05, 3.63) is 28.4 Å². The Balaban J connectivity index is 2.54. The minimum Gasteiger partial charge on any atom is -0.300 e. The normalized spacial score (nSPS) is 10.3. The second-order valence-electron chi connectivity index (χ2n) is 3.60. The van der Waals surface area contributed by atoms with E-state index in [0.717, 1.165) is 5.56 Å². The van der Waals surface area contributed by atoms with Crippen LogP contribution in [0.4, 0.5) is 0 Å². The molecule has 0 radical (unpaired) electrons. The minimum absolute atomic E-state index is 0.240. The highest BCUT2D eigenvalue weighted by Gasteiger charge is 2.00. The van der Waals surface area contributed by atoms with Crippen LogP contribution in [-0.4, -0.2) is 15.3 Å². The number of rotatable bonds is 5. The predicted octanol–water partition coefficient (Wildman–Crippen LogP) is 1.31. The maximum Gasteiger partial charge on any atom is 0.347 e. The van der Waals surface area contributed by atoms with Crippen LogP contribution in [0.25, 0.3) is 0 Å². The van der Waals surface area contributed by atoms with Gasteiger partial charge in [0.05, 0.1) is 0 Å². The lowest BCUT2D eigenvalue weighted by atomic mass is 10.2. The Morgan fingerprint density at radius 3 is 2.93 bits per heavy atom. The molecule has 4 nitrogen and oxygen atoms in total. The van der Waals surface area contributed by atoms with Gasteiger partial charge in [-0.3, -0.25) is 9.36 Å². The van der Waals surface area contributed by atoms with Crippen LogP contribution >= 0.6 is 0 Å². The molecule has 0 spiro atoms. The maximum atomic E-state index is 11.3. The van der Waals surface area contributed by atoms with Crippen molar-refractivity contribution >= 4 is 5.78 Å². The van der Waals surface area contributed by atoms with Gasteiger partial charge in [0.1, 0.15) is 5.78 Å². The van der Waals surface area contributed by atoms with Gasteiger partial charge >= 0.3 is 5.69 Å². The van der Waals surface area contributed by atoms with Crippen LogP contribution in [0.15, 0.2) is 17.2 Å². The van der Waals surface area contributed by atoms with Crippen LogP contribution in [0, 0.1) is 6.92 Å². The fourth-order valence-electron chi connectivity index (χ4n) is 1.35. The molecule has 0 unspecified atom stereocenters. The number of aryl methyl sites for hydroxylation is 2. The fraction of sp³-hybridized carbons (Fsp3) is 0.545. The van der Waals surface area contributed by atoms with Crippen molar-refractivity contribution in [2.45, 2.75) is 39.7 Å². The van der Waals surface area contributed by atoms with Crippen molar-refractivity contribution in [3.63, 3.8) is 0 Å². The molecule has 0 aliphatic heterocycles. The standard InChI is InChI=1S/C11H16N2O2/c1-3-10(14)5-4-6-13-8-9(2)7-12-11(13)15/h7-8H,3-6H2,1-2H3. The van der Waals surface area contributed by atoms with Crippen molar-refractivity contribution in [2.75, 3.05) is 0 Å². The lowest BCUT2D eigenvalue weighted by Gasteiger charge is -2.04. The Morgan fingerprint density at radius 1 is 1.53 bits per heavy atom. The SMILES string of the molecule is CCC(=O)CCCn1cc(C)cnc1=O. The molecule has 82 valence electrons. The van der Waals surface area contributed by atoms with Gasteiger partial charge in [-0.25, -0.2) is 9.78 Å². The number of Topliss-reactive ketones (excluding diaryl/α,β-unsaturated/α-hetero) is 1. The first kappa shape index (κ1) is 11.6. The Bertz CT molecular complexity index is 396. The van der Waals surface area contributed by atoms with Crippen LogP contribution in [0.2, 0.25) is 0 Å². The molecular formula is C11H16N2O2. The molecule has 0 bridgehead atoms. The van der Waals surface area contributed by atoms with Gasteiger partial charge in [-0.1, -0.05) is 6.92 Å². The van der Waals surface area contributed by atoms with E-state index in [-0.39, 0.29) is 11.5 Å². The largest absolute Gasteiger partial charge is 0.347 e. The molecular weight excluding hydrogens is 192 g/mol. The molecule has 1 aromatic rings. The minimum atomic E-state index is -0.246. The summed E-state index contributed by atoms with van der Waals surface area (Å²) < 4.78 is 1.55. The maximum absolute atomic E-state index is 11.3. The topological polar surface area (TPSA) is 52.0 Å². The highest BCUT2D eigenvalue weighted by Crippen LogP contribution is 1.98. The van der Waals surface area contributed by atoms with E-state index in [4.69, 9.17) is 0 Å². The molecule has 0 aromatic carbocycles. The summed E-state index contributed by atoms with van der Waals surface area (Å²) in [6, 6.07) is 0. The first-order valence-electron chi connectivity index (χ1n) is 5.18. The van der Waals surface area contributed by atoms with E-state index < -0.39 is 0 Å². The van der Waals surface area contributed by atoms with E-state index in [1.807, 2.05) is 13.8 Å². The molecule has 0 fully saturated rings. The Morgan fingerprint density at radius 2 is 2.27 bits per heavy atom. The fourth-order valence-corrected chi connectivity index (χ4v) is 1.35. The summed E-state index contributed by atoms with van der Waals surface area (Å²) in [4.78, 5) is 26.1. The van der Waals surface area contributed by atoms with E-state index in [0.29, 0.717) is 25.8 Å². The molecule has 0 aliphatic rings. The monoisotopic (exact) mass is 208 g/mol. The van der Waals surface area contributed by atoms with E-state index in [1.165, 1.54) is 0 Å². The molecule has 1 aromatic heterocycles. The molecule has 0 saturated carbocycles. The van der Waals surface area contributed by atoms with Crippen molar-refractivity contribution in [1.29, 1.82) is 0 Å². The zero-order valence-corrected chi connectivity index (χ0v) is 9.19. The van der Waals surface area contributed by atoms with E-state index in [9.17, 15) is 9.59 Å². The smallest absolute Gasteiger partial charge is 0.300 e.